The smallest absolute Gasteiger partial charge is 0.295 e. The number of nitrogens with one attached hydrogen (secondary N) is 1. The van der Waals surface area contributed by atoms with Gasteiger partial charge in [-0.1, -0.05) is 5.10 Å². The van der Waals surface area contributed by atoms with Gasteiger partial charge in [0.15, 0.2) is 5.65 Å². The third-order valence-electron chi connectivity index (χ3n) is 1.13. The third kappa shape index (κ3) is 0.524. The van der Waals surface area contributed by atoms with Crippen LogP contribution in [0.5, 0.6) is 0 Å². The minimum absolute atomic E-state index is 0.449. The normalized spacial score (nSPS) is 10.4. The van der Waals surface area contributed by atoms with Crippen molar-refractivity contribution in [2.75, 3.05) is 0 Å². The molecule has 0 saturated heterocycles. The van der Waals surface area contributed by atoms with Crippen LogP contribution in [0.3, 0.4) is 0 Å². The van der Waals surface area contributed by atoms with E-state index in [2.05, 4.69) is 20.5 Å². The first-order valence-electron chi connectivity index (χ1n) is 2.63. The molecular formula is C4H3N5O. The van der Waals surface area contributed by atoms with Crippen molar-refractivity contribution in [3.05, 3.63) is 22.7 Å². The number of aromatic nitrogens is 5. The van der Waals surface area contributed by atoms with Gasteiger partial charge < -0.3 is 0 Å². The summed E-state index contributed by atoms with van der Waals surface area (Å²) in [6.45, 7) is 0. The number of hydrogen-bond donors (Lipinski definition) is 1. The Labute approximate surface area is 54.5 Å². The van der Waals surface area contributed by atoms with Gasteiger partial charge in [-0.25, -0.2) is 4.79 Å². The first-order valence-corrected chi connectivity index (χ1v) is 2.63. The van der Waals surface area contributed by atoms with Crippen LogP contribution < -0.4 is 5.69 Å². The van der Waals surface area contributed by atoms with Gasteiger partial charge in [0, 0.05) is 12.3 Å². The van der Waals surface area contributed by atoms with Crippen molar-refractivity contribution < 1.29 is 0 Å². The van der Waals surface area contributed by atoms with Crippen LogP contribution in [0.1, 0.15) is 0 Å². The largest absolute Gasteiger partial charge is 0.388 e. The molecule has 0 aliphatic carbocycles. The summed E-state index contributed by atoms with van der Waals surface area (Å²) in [5.41, 5.74) is 0.0231. The van der Waals surface area contributed by atoms with Gasteiger partial charge in [-0.15, -0.1) is 5.10 Å². The molecule has 0 atom stereocenters. The van der Waals surface area contributed by atoms with Crippen LogP contribution in [0.4, 0.5) is 0 Å². The van der Waals surface area contributed by atoms with Crippen LogP contribution in [0.2, 0.25) is 0 Å². The van der Waals surface area contributed by atoms with E-state index in [4.69, 9.17) is 0 Å². The third-order valence-corrected chi connectivity index (χ3v) is 1.13. The zero-order chi connectivity index (χ0) is 6.97. The molecule has 10 heavy (non-hydrogen) atoms. The second-order valence-electron chi connectivity index (χ2n) is 1.73. The molecule has 0 saturated carbocycles. The minimum atomic E-state index is -0.449. The Bertz CT molecular complexity index is 401. The molecule has 2 aromatic heterocycles. The van der Waals surface area contributed by atoms with Crippen molar-refractivity contribution in [2.45, 2.75) is 0 Å². The van der Waals surface area contributed by atoms with Crippen LogP contribution in [0, 0.1) is 0 Å². The summed E-state index contributed by atoms with van der Waals surface area (Å²) in [5, 5.41) is 12.6. The number of aromatic amines is 1. The minimum Gasteiger partial charge on any atom is -0.295 e. The SMILES string of the molecule is O=c1nnnc2cc[nH]n12. The van der Waals surface area contributed by atoms with E-state index in [1.165, 1.54) is 4.52 Å². The highest BCUT2D eigenvalue weighted by atomic mass is 16.1. The molecule has 0 bridgehead atoms. The molecular weight excluding hydrogens is 134 g/mol. The summed E-state index contributed by atoms with van der Waals surface area (Å²) < 4.78 is 1.20. The van der Waals surface area contributed by atoms with Crippen LogP contribution >= 0.6 is 0 Å². The van der Waals surface area contributed by atoms with Gasteiger partial charge in [0.2, 0.25) is 0 Å². The maximum Gasteiger partial charge on any atom is 0.388 e. The van der Waals surface area contributed by atoms with E-state index >= 15 is 0 Å². The van der Waals surface area contributed by atoms with E-state index in [0.717, 1.165) is 0 Å². The number of H-pyrrole nitrogens is 1. The summed E-state index contributed by atoms with van der Waals surface area (Å²) >= 11 is 0. The van der Waals surface area contributed by atoms with E-state index in [9.17, 15) is 4.79 Å². The van der Waals surface area contributed by atoms with Crippen molar-refractivity contribution in [3.8, 4) is 0 Å². The average molecular weight is 137 g/mol. The molecule has 2 aromatic rings. The first kappa shape index (κ1) is 5.10. The lowest BCUT2D eigenvalue weighted by atomic mass is 10.7. The molecule has 2 heterocycles. The monoisotopic (exact) mass is 137 g/mol. The molecule has 0 aliphatic heterocycles. The molecule has 0 spiro atoms. The molecule has 6 nitrogen and oxygen atoms in total. The fourth-order valence-electron chi connectivity index (χ4n) is 0.709. The van der Waals surface area contributed by atoms with Gasteiger partial charge in [0.25, 0.3) is 0 Å². The molecule has 6 heteroatoms. The van der Waals surface area contributed by atoms with Crippen LogP contribution in [-0.4, -0.2) is 25.0 Å². The van der Waals surface area contributed by atoms with E-state index in [1.54, 1.807) is 12.3 Å². The lowest BCUT2D eigenvalue weighted by Gasteiger charge is -1.84. The van der Waals surface area contributed by atoms with E-state index in [0.29, 0.717) is 5.65 Å². The predicted molar refractivity (Wildman–Crippen MR) is 31.4 cm³/mol. The average Bonchev–Trinajstić information content (AvgIpc) is 2.36. The fraction of sp³-hybridized carbons (Fsp3) is 0. The lowest BCUT2D eigenvalue weighted by Crippen LogP contribution is -2.19. The summed E-state index contributed by atoms with van der Waals surface area (Å²) in [6.07, 6.45) is 1.59. The van der Waals surface area contributed by atoms with Crippen molar-refractivity contribution in [2.24, 2.45) is 0 Å². The fourth-order valence-corrected chi connectivity index (χ4v) is 0.709. The van der Waals surface area contributed by atoms with Gasteiger partial charge in [0.05, 0.1) is 0 Å². The molecule has 0 aromatic carbocycles. The van der Waals surface area contributed by atoms with Gasteiger partial charge in [-0.3, -0.25) is 5.10 Å². The van der Waals surface area contributed by atoms with Crippen molar-refractivity contribution >= 4 is 5.65 Å². The zero-order valence-corrected chi connectivity index (χ0v) is 4.85. The number of nitrogens with zero attached hydrogens (tertiary/aromatic N) is 4. The highest BCUT2D eigenvalue weighted by Gasteiger charge is 1.95. The summed E-state index contributed by atoms with van der Waals surface area (Å²) in [5.74, 6) is 0. The summed E-state index contributed by atoms with van der Waals surface area (Å²) in [4.78, 5) is 10.8. The van der Waals surface area contributed by atoms with Crippen LogP contribution in [-0.2, 0) is 0 Å². The second kappa shape index (κ2) is 1.63. The Morgan fingerprint density at radius 3 is 3.20 bits per heavy atom. The highest BCUT2D eigenvalue weighted by Crippen LogP contribution is 1.86. The summed E-state index contributed by atoms with van der Waals surface area (Å²) in [6, 6.07) is 1.63. The van der Waals surface area contributed by atoms with Gasteiger partial charge in [0.1, 0.15) is 0 Å². The quantitative estimate of drug-likeness (QED) is 0.495. The van der Waals surface area contributed by atoms with Crippen molar-refractivity contribution in [1.29, 1.82) is 0 Å². The molecule has 1 N–H and O–H groups in total. The molecule has 0 unspecified atom stereocenters. The summed E-state index contributed by atoms with van der Waals surface area (Å²) in [7, 11) is 0. The number of hydrogen-bond acceptors (Lipinski definition) is 4. The number of rotatable bonds is 0. The Morgan fingerprint density at radius 2 is 2.40 bits per heavy atom. The lowest BCUT2D eigenvalue weighted by molar-refractivity contribution is 0.740. The Balaban J connectivity index is 3.09. The molecule has 0 amide bonds. The maximum absolute atomic E-state index is 10.8. The topological polar surface area (TPSA) is 75.9 Å². The zero-order valence-electron chi connectivity index (χ0n) is 4.85. The standard InChI is InChI=1S/C4H3N5O/c10-4-7-8-6-3-1-2-5-9(3)4/h1-2,5H. The molecule has 2 rings (SSSR count). The van der Waals surface area contributed by atoms with E-state index in [1.807, 2.05) is 0 Å². The van der Waals surface area contributed by atoms with E-state index in [-0.39, 0.29) is 0 Å². The Kier molecular flexibility index (Phi) is 0.830. The van der Waals surface area contributed by atoms with E-state index < -0.39 is 5.69 Å². The van der Waals surface area contributed by atoms with Crippen LogP contribution in [0.25, 0.3) is 5.65 Å². The van der Waals surface area contributed by atoms with Gasteiger partial charge >= 0.3 is 5.69 Å². The molecule has 0 fully saturated rings. The Hall–Kier alpha value is -1.72. The van der Waals surface area contributed by atoms with Crippen LogP contribution in [0.15, 0.2) is 17.1 Å². The molecule has 0 radical (unpaired) electrons. The van der Waals surface area contributed by atoms with Crippen molar-refractivity contribution in [3.63, 3.8) is 0 Å². The molecule has 0 aliphatic rings. The molecule has 50 valence electrons. The van der Waals surface area contributed by atoms with Gasteiger partial charge in [-0.2, -0.15) is 4.52 Å². The highest BCUT2D eigenvalue weighted by molar-refractivity contribution is 5.31. The van der Waals surface area contributed by atoms with Crippen molar-refractivity contribution in [1.82, 2.24) is 25.0 Å². The maximum atomic E-state index is 10.8. The Morgan fingerprint density at radius 1 is 1.50 bits per heavy atom. The predicted octanol–water partition coefficient (Wildman–Crippen LogP) is -1.19. The van der Waals surface area contributed by atoms with Gasteiger partial charge in [-0.05, 0) is 5.21 Å². The second-order valence-corrected chi connectivity index (χ2v) is 1.73. The number of fused-ring (bicyclic) bond motifs is 1. The first-order chi connectivity index (χ1) is 4.88.